The summed E-state index contributed by atoms with van der Waals surface area (Å²) < 4.78 is 0. The average molecular weight is 201 g/mol. The summed E-state index contributed by atoms with van der Waals surface area (Å²) in [5.74, 6) is 4.94. The summed E-state index contributed by atoms with van der Waals surface area (Å²) >= 11 is 0. The molecule has 1 rings (SSSR count). The third-order valence-electron chi connectivity index (χ3n) is 2.60. The molecule has 5 nitrogen and oxygen atoms in total. The van der Waals surface area contributed by atoms with Crippen LogP contribution in [0.1, 0.15) is 6.42 Å². The van der Waals surface area contributed by atoms with Crippen molar-refractivity contribution in [3.63, 3.8) is 0 Å². The van der Waals surface area contributed by atoms with E-state index in [0.29, 0.717) is 6.61 Å². The maximum absolute atomic E-state index is 10.8. The second-order valence-corrected chi connectivity index (χ2v) is 3.73. The zero-order chi connectivity index (χ0) is 10.4. The van der Waals surface area contributed by atoms with Gasteiger partial charge in [-0.15, -0.1) is 0 Å². The van der Waals surface area contributed by atoms with Crippen LogP contribution in [0.4, 0.5) is 0 Å². The van der Waals surface area contributed by atoms with Gasteiger partial charge < -0.3 is 14.5 Å². The van der Waals surface area contributed by atoms with Crippen LogP contribution in [0.2, 0.25) is 0 Å². The number of rotatable bonds is 5. The average Bonchev–Trinajstić information content (AvgIpc) is 2.20. The van der Waals surface area contributed by atoms with Crippen LogP contribution in [0.5, 0.6) is 0 Å². The number of nitrogens with zero attached hydrogens (tertiary/aromatic N) is 2. The van der Waals surface area contributed by atoms with Crippen LogP contribution < -0.4 is 5.90 Å². The fraction of sp³-hybridized carbons (Fsp3) is 0.889. The van der Waals surface area contributed by atoms with E-state index in [-0.39, 0.29) is 6.04 Å². The topological polar surface area (TPSA) is 58.8 Å². The molecule has 1 heterocycles. The highest BCUT2D eigenvalue weighted by Gasteiger charge is 2.23. The molecule has 0 aromatic rings. The molecule has 1 aliphatic heterocycles. The Bertz CT molecular complexity index is 177. The van der Waals surface area contributed by atoms with E-state index in [4.69, 9.17) is 5.90 Å². The van der Waals surface area contributed by atoms with E-state index in [0.717, 1.165) is 38.9 Å². The molecule has 0 aromatic heterocycles. The van der Waals surface area contributed by atoms with E-state index >= 15 is 0 Å². The van der Waals surface area contributed by atoms with Crippen molar-refractivity contribution in [1.82, 2.24) is 9.80 Å². The van der Waals surface area contributed by atoms with Crippen LogP contribution >= 0.6 is 0 Å². The number of carbonyl (C=O) groups excluding carboxylic acids is 1. The predicted molar refractivity (Wildman–Crippen MR) is 53.7 cm³/mol. The number of likely N-dealkylation sites (N-methyl/N-ethyl adjacent to an activating group) is 1. The van der Waals surface area contributed by atoms with Gasteiger partial charge in [-0.3, -0.25) is 4.90 Å². The standard InChI is InChI=1S/C9H19N3O2/c1-11-4-5-12(3-2-6-14-10)9(7-11)8-13/h8-9H,2-7,10H2,1H3. The lowest BCUT2D eigenvalue weighted by atomic mass is 10.2. The van der Waals surface area contributed by atoms with Gasteiger partial charge in [-0.2, -0.15) is 0 Å². The van der Waals surface area contributed by atoms with Gasteiger partial charge in [-0.25, -0.2) is 5.90 Å². The second kappa shape index (κ2) is 6.08. The summed E-state index contributed by atoms with van der Waals surface area (Å²) in [6, 6.07) is 0.0338. The van der Waals surface area contributed by atoms with E-state index < -0.39 is 0 Å². The lowest BCUT2D eigenvalue weighted by Gasteiger charge is -2.37. The number of nitrogens with two attached hydrogens (primary N) is 1. The smallest absolute Gasteiger partial charge is 0.138 e. The first-order valence-corrected chi connectivity index (χ1v) is 4.97. The zero-order valence-electron chi connectivity index (χ0n) is 8.69. The van der Waals surface area contributed by atoms with Crippen LogP contribution in [-0.2, 0) is 9.63 Å². The van der Waals surface area contributed by atoms with Crippen molar-refractivity contribution in [2.45, 2.75) is 12.5 Å². The molecular weight excluding hydrogens is 182 g/mol. The Morgan fingerprint density at radius 3 is 3.00 bits per heavy atom. The van der Waals surface area contributed by atoms with Crippen LogP contribution in [0.3, 0.4) is 0 Å². The van der Waals surface area contributed by atoms with Gasteiger partial charge in [0.15, 0.2) is 0 Å². The Hall–Kier alpha value is -0.490. The van der Waals surface area contributed by atoms with Crippen molar-refractivity contribution in [2.24, 2.45) is 5.90 Å². The van der Waals surface area contributed by atoms with E-state index in [1.807, 2.05) is 7.05 Å². The number of piperazine rings is 1. The molecule has 5 heteroatoms. The third kappa shape index (κ3) is 3.34. The largest absolute Gasteiger partial charge is 0.305 e. The van der Waals surface area contributed by atoms with E-state index in [9.17, 15) is 4.79 Å². The Balaban J connectivity index is 2.30. The van der Waals surface area contributed by atoms with E-state index in [1.54, 1.807) is 0 Å². The number of aldehydes is 1. The van der Waals surface area contributed by atoms with Crippen molar-refractivity contribution >= 4 is 6.29 Å². The first kappa shape index (κ1) is 11.6. The normalized spacial score (nSPS) is 25.1. The second-order valence-electron chi connectivity index (χ2n) is 3.73. The molecule has 0 amide bonds. The molecule has 14 heavy (non-hydrogen) atoms. The summed E-state index contributed by atoms with van der Waals surface area (Å²) in [5.41, 5.74) is 0. The van der Waals surface area contributed by atoms with Crippen LogP contribution in [0, 0.1) is 0 Å². The molecule has 82 valence electrons. The molecule has 2 N–H and O–H groups in total. The van der Waals surface area contributed by atoms with Gasteiger partial charge in [0.1, 0.15) is 6.29 Å². The molecule has 1 fully saturated rings. The Morgan fingerprint density at radius 2 is 2.36 bits per heavy atom. The predicted octanol–water partition coefficient (Wildman–Crippen LogP) is -0.918. The molecule has 1 aliphatic rings. The molecule has 1 atom stereocenters. The SMILES string of the molecule is CN1CCN(CCCON)C(C=O)C1. The molecule has 0 bridgehead atoms. The van der Waals surface area contributed by atoms with E-state index in [2.05, 4.69) is 14.6 Å². The summed E-state index contributed by atoms with van der Waals surface area (Å²) in [4.78, 5) is 19.7. The van der Waals surface area contributed by atoms with Gasteiger partial charge in [0.05, 0.1) is 12.6 Å². The number of hydrogen-bond donors (Lipinski definition) is 1. The highest BCUT2D eigenvalue weighted by Crippen LogP contribution is 2.06. The van der Waals surface area contributed by atoms with Crippen molar-refractivity contribution in [1.29, 1.82) is 0 Å². The Morgan fingerprint density at radius 1 is 1.57 bits per heavy atom. The molecule has 0 aliphatic carbocycles. The van der Waals surface area contributed by atoms with Gasteiger partial charge in [0, 0.05) is 26.2 Å². The van der Waals surface area contributed by atoms with Gasteiger partial charge in [0.2, 0.25) is 0 Å². The minimum Gasteiger partial charge on any atom is -0.305 e. The van der Waals surface area contributed by atoms with Crippen molar-refractivity contribution in [3.8, 4) is 0 Å². The fourth-order valence-electron chi connectivity index (χ4n) is 1.75. The van der Waals surface area contributed by atoms with Gasteiger partial charge in [0.25, 0.3) is 0 Å². The molecule has 0 aromatic carbocycles. The highest BCUT2D eigenvalue weighted by atomic mass is 16.6. The molecule has 0 spiro atoms. The first-order chi connectivity index (χ1) is 6.77. The first-order valence-electron chi connectivity index (χ1n) is 4.97. The van der Waals surface area contributed by atoms with E-state index in [1.165, 1.54) is 0 Å². The fourth-order valence-corrected chi connectivity index (χ4v) is 1.75. The lowest BCUT2D eigenvalue weighted by molar-refractivity contribution is -0.114. The number of hydrogen-bond acceptors (Lipinski definition) is 5. The highest BCUT2D eigenvalue weighted by molar-refractivity contribution is 5.58. The molecule has 1 saturated heterocycles. The minimum absolute atomic E-state index is 0.0338. The zero-order valence-corrected chi connectivity index (χ0v) is 8.69. The quantitative estimate of drug-likeness (QED) is 0.354. The van der Waals surface area contributed by atoms with Crippen molar-refractivity contribution in [2.75, 3.05) is 39.8 Å². The van der Waals surface area contributed by atoms with Crippen molar-refractivity contribution in [3.05, 3.63) is 0 Å². The summed E-state index contributed by atoms with van der Waals surface area (Å²) in [6.07, 6.45) is 1.91. The molecular formula is C9H19N3O2. The molecule has 0 saturated carbocycles. The summed E-state index contributed by atoms with van der Waals surface area (Å²) in [5, 5.41) is 0. The Kier molecular flexibility index (Phi) is 5.03. The maximum atomic E-state index is 10.8. The monoisotopic (exact) mass is 201 g/mol. The number of carbonyl (C=O) groups is 1. The molecule has 0 radical (unpaired) electrons. The van der Waals surface area contributed by atoms with Gasteiger partial charge in [-0.05, 0) is 13.5 Å². The molecule has 1 unspecified atom stereocenters. The van der Waals surface area contributed by atoms with Crippen LogP contribution in [0.15, 0.2) is 0 Å². The maximum Gasteiger partial charge on any atom is 0.138 e. The lowest BCUT2D eigenvalue weighted by Crippen LogP contribution is -2.52. The van der Waals surface area contributed by atoms with Gasteiger partial charge >= 0.3 is 0 Å². The summed E-state index contributed by atoms with van der Waals surface area (Å²) in [6.45, 7) is 4.23. The van der Waals surface area contributed by atoms with Crippen LogP contribution in [-0.4, -0.2) is 62.0 Å². The summed E-state index contributed by atoms with van der Waals surface area (Å²) in [7, 11) is 2.04. The van der Waals surface area contributed by atoms with Crippen LogP contribution in [0.25, 0.3) is 0 Å². The third-order valence-corrected chi connectivity index (χ3v) is 2.60. The van der Waals surface area contributed by atoms with Crippen molar-refractivity contribution < 1.29 is 9.63 Å². The Labute approximate surface area is 84.7 Å². The minimum atomic E-state index is 0.0338. The van der Waals surface area contributed by atoms with Gasteiger partial charge in [-0.1, -0.05) is 0 Å².